The van der Waals surface area contributed by atoms with Crippen LogP contribution < -0.4 is 0 Å². The van der Waals surface area contributed by atoms with Crippen LogP contribution in [0.2, 0.25) is 125 Å². The monoisotopic (exact) mass is 936 g/mol. The largest absolute Gasteiger partial charge is 0.411 e. The number of hydrogen-bond donors (Lipinski definition) is 0. The van der Waals surface area contributed by atoms with Crippen molar-refractivity contribution in [2.45, 2.75) is 175 Å². The van der Waals surface area contributed by atoms with Crippen molar-refractivity contribution < 1.29 is 71.6 Å². The highest BCUT2D eigenvalue weighted by Crippen LogP contribution is 2.41. The Morgan fingerprint density at radius 1 is 0.281 bits per heavy atom. The van der Waals surface area contributed by atoms with Crippen LogP contribution in [0.25, 0.3) is 0 Å². The quantitative estimate of drug-likeness (QED) is 0.0383. The molecule has 0 spiro atoms. The Morgan fingerprint density at radius 2 is 0.456 bits per heavy atom. The fourth-order valence-corrected chi connectivity index (χ4v) is 33.2. The van der Waals surface area contributed by atoms with Gasteiger partial charge in [0.25, 0.3) is 0 Å². The van der Waals surface area contributed by atoms with Crippen molar-refractivity contribution in [1.29, 1.82) is 0 Å². The van der Waals surface area contributed by atoms with Gasteiger partial charge in [0.15, 0.2) is 0 Å². The van der Waals surface area contributed by atoms with E-state index >= 15 is 0 Å². The molecule has 0 N–H and O–H groups in total. The molecule has 0 amide bonds. The molecule has 0 saturated heterocycles. The van der Waals surface area contributed by atoms with E-state index in [0.717, 1.165) is 72.5 Å². The predicted molar refractivity (Wildman–Crippen MR) is 219 cm³/mol. The second kappa shape index (κ2) is 25.3. The summed E-state index contributed by atoms with van der Waals surface area (Å²) in [6, 6.07) is 11.3. The highest BCUT2D eigenvalue weighted by molar-refractivity contribution is 6.89. The van der Waals surface area contributed by atoms with Gasteiger partial charge in [0.2, 0.25) is 0 Å². The van der Waals surface area contributed by atoms with Crippen LogP contribution in [0.3, 0.4) is 0 Å². The average molecular weight is 937 g/mol. The van der Waals surface area contributed by atoms with Gasteiger partial charge in [-0.25, -0.2) is 0 Å². The summed E-state index contributed by atoms with van der Waals surface area (Å²) in [5, 5.41) is 0. The van der Waals surface area contributed by atoms with Crippen LogP contribution in [0, 0.1) is 0 Å². The van der Waals surface area contributed by atoms with Gasteiger partial charge in [0, 0.05) is 58.7 Å². The number of halogens is 12. The minimum absolute atomic E-state index is 0.0317. The normalized spacial score (nSPS) is 14.5. The fraction of sp³-hybridized carbons (Fsp3) is 1.00. The van der Waals surface area contributed by atoms with Crippen LogP contribution >= 0.6 is 0 Å². The molecule has 4 nitrogen and oxygen atoms in total. The van der Waals surface area contributed by atoms with E-state index in [-0.39, 0.29) is 26.4 Å². The van der Waals surface area contributed by atoms with Gasteiger partial charge in [-0.15, -0.1) is 0 Å². The van der Waals surface area contributed by atoms with Crippen molar-refractivity contribution in [2.75, 3.05) is 52.9 Å². The maximum atomic E-state index is 12.6. The summed E-state index contributed by atoms with van der Waals surface area (Å²) in [7, 11) is -9.69. The predicted octanol–water partition coefficient (Wildman–Crippen LogP) is 14.1. The first-order valence-corrected chi connectivity index (χ1v) is 36.7. The summed E-state index contributed by atoms with van der Waals surface area (Å²) < 4.78 is 171. The van der Waals surface area contributed by atoms with E-state index in [0.29, 0.717) is 25.7 Å². The van der Waals surface area contributed by atoms with Gasteiger partial charge in [-0.1, -0.05) is 125 Å². The second-order valence-electron chi connectivity index (χ2n) is 19.2. The third-order valence-electron chi connectivity index (χ3n) is 11.0. The van der Waals surface area contributed by atoms with Gasteiger partial charge in [-0.2, -0.15) is 52.7 Å². The molecular formula is C36H72F12O4Si5. The molecule has 0 aromatic carbocycles. The molecule has 0 fully saturated rings. The van der Waals surface area contributed by atoms with Gasteiger partial charge in [0.05, 0.1) is 8.07 Å². The minimum atomic E-state index is -4.38. The van der Waals surface area contributed by atoms with Crippen molar-refractivity contribution in [1.82, 2.24) is 0 Å². The van der Waals surface area contributed by atoms with Gasteiger partial charge in [0.1, 0.15) is 26.4 Å². The Bertz CT molecular complexity index is 905. The van der Waals surface area contributed by atoms with Gasteiger partial charge >= 0.3 is 24.7 Å². The van der Waals surface area contributed by atoms with E-state index < -0.39 is 91.5 Å². The molecule has 0 heterocycles. The average Bonchev–Trinajstić information content (AvgIpc) is 3.01. The summed E-state index contributed by atoms with van der Waals surface area (Å²) in [5.74, 6) is 0. The summed E-state index contributed by atoms with van der Waals surface area (Å²) in [4.78, 5) is 0. The topological polar surface area (TPSA) is 36.9 Å². The zero-order valence-corrected chi connectivity index (χ0v) is 40.6. The fourth-order valence-electron chi connectivity index (χ4n) is 7.03. The first kappa shape index (κ1) is 57.1. The molecule has 0 bridgehead atoms. The van der Waals surface area contributed by atoms with E-state index in [1.54, 1.807) is 0 Å². The number of ether oxygens (including phenoxy) is 4. The summed E-state index contributed by atoms with van der Waals surface area (Å²) in [5.41, 5.74) is 0. The van der Waals surface area contributed by atoms with Crippen LogP contribution in [0.15, 0.2) is 0 Å². The minimum Gasteiger partial charge on any atom is -0.372 e. The van der Waals surface area contributed by atoms with Crippen LogP contribution in [0.1, 0.15) is 25.7 Å². The molecule has 0 aliphatic rings. The molecular weight excluding hydrogens is 865 g/mol. The summed E-state index contributed by atoms with van der Waals surface area (Å²) in [6.45, 7) is 13.1. The second-order valence-corrected chi connectivity index (χ2v) is 45.6. The number of hydrogen-bond acceptors (Lipinski definition) is 4. The molecule has 0 atom stereocenters. The third kappa shape index (κ3) is 35.4. The SMILES string of the molecule is C[Si](C)(CCCOCC(F)(F)F)CC[Si](CC[Si](C)(C)CCCOCC(F)(F)F)(CC[Si](C)(C)CCCOCC(F)(F)F)CC[Si](C)(C)CCCOCC(F)(F)F. The lowest BCUT2D eigenvalue weighted by Crippen LogP contribution is -2.43. The maximum Gasteiger partial charge on any atom is 0.411 e. The third-order valence-corrected chi connectivity index (χ3v) is 31.4. The van der Waals surface area contributed by atoms with Crippen molar-refractivity contribution in [3.63, 3.8) is 0 Å². The first-order valence-electron chi connectivity index (χ1n) is 20.2. The lowest BCUT2D eigenvalue weighted by atomic mass is 10.5. The summed E-state index contributed by atoms with van der Waals surface area (Å²) >= 11 is 0. The molecule has 0 aromatic rings. The Balaban J connectivity index is 6.21. The van der Waals surface area contributed by atoms with Crippen LogP contribution in [0.4, 0.5) is 52.7 Å². The molecule has 0 aliphatic heterocycles. The lowest BCUT2D eigenvalue weighted by molar-refractivity contribution is -0.174. The first-order chi connectivity index (χ1) is 25.7. The van der Waals surface area contributed by atoms with Crippen LogP contribution in [-0.2, 0) is 18.9 Å². The van der Waals surface area contributed by atoms with Gasteiger partial charge in [-0.05, 0) is 25.7 Å². The smallest absolute Gasteiger partial charge is 0.372 e. The van der Waals surface area contributed by atoms with Crippen LogP contribution in [-0.4, -0.2) is 118 Å². The molecule has 0 saturated carbocycles. The maximum absolute atomic E-state index is 12.6. The Labute approximate surface area is 339 Å². The Kier molecular flexibility index (Phi) is 25.3. The van der Waals surface area contributed by atoms with Crippen molar-refractivity contribution in [3.8, 4) is 0 Å². The molecule has 0 radical (unpaired) electrons. The van der Waals surface area contributed by atoms with Crippen molar-refractivity contribution >= 4 is 40.4 Å². The standard InChI is InChI=1S/C36H72F12O4Si5/c1-53(2,17-9-13-49-29-33(37,38)39)21-25-57(26-22-54(3,4)18-10-14-50-30-34(40,41)42,27-23-55(5,6)19-11-15-51-31-35(43,44)45)28-24-56(7,8)20-12-16-52-32-36(46,47)48/h9-32H2,1-8H3. The zero-order valence-electron chi connectivity index (χ0n) is 35.6. The molecule has 0 rings (SSSR count). The highest BCUT2D eigenvalue weighted by Gasteiger charge is 2.40. The Hall–Kier alpha value is 0.0844. The molecule has 0 aliphatic carbocycles. The molecule has 344 valence electrons. The Morgan fingerprint density at radius 3 is 0.614 bits per heavy atom. The molecule has 0 aromatic heterocycles. The molecule has 0 unspecified atom stereocenters. The van der Waals surface area contributed by atoms with E-state index in [1.807, 2.05) is 0 Å². The van der Waals surface area contributed by atoms with E-state index in [9.17, 15) is 52.7 Å². The van der Waals surface area contributed by atoms with E-state index in [1.165, 1.54) is 0 Å². The van der Waals surface area contributed by atoms with E-state index in [2.05, 4.69) is 52.4 Å². The van der Waals surface area contributed by atoms with Crippen molar-refractivity contribution in [2.24, 2.45) is 0 Å². The zero-order chi connectivity index (χ0) is 44.3. The van der Waals surface area contributed by atoms with Gasteiger partial charge < -0.3 is 18.9 Å². The number of alkyl halides is 12. The number of rotatable bonds is 32. The summed E-state index contributed by atoms with van der Waals surface area (Å²) in [6.07, 6.45) is -15.4. The van der Waals surface area contributed by atoms with Gasteiger partial charge in [-0.3, -0.25) is 0 Å². The molecule has 57 heavy (non-hydrogen) atoms. The lowest BCUT2D eigenvalue weighted by Gasteiger charge is -2.41. The van der Waals surface area contributed by atoms with E-state index in [4.69, 9.17) is 18.9 Å². The van der Waals surface area contributed by atoms with Crippen LogP contribution in [0.5, 0.6) is 0 Å². The molecule has 21 heteroatoms. The van der Waals surface area contributed by atoms with Crippen molar-refractivity contribution in [3.05, 3.63) is 0 Å². The highest BCUT2D eigenvalue weighted by atomic mass is 28.3.